The molecule has 4 heterocycles. The lowest BCUT2D eigenvalue weighted by atomic mass is 9.98. The van der Waals surface area contributed by atoms with Crippen LogP contribution in [-0.2, 0) is 63.9 Å². The molecule has 0 radical (unpaired) electrons. The molecule has 0 unspecified atom stereocenters. The van der Waals surface area contributed by atoms with Gasteiger partial charge in [-0.1, -0.05) is 84.4 Å². The molecule has 7 rings (SSSR count). The van der Waals surface area contributed by atoms with E-state index in [1.54, 1.807) is 7.11 Å². The monoisotopic (exact) mass is 1440 g/mol. The van der Waals surface area contributed by atoms with Gasteiger partial charge >= 0.3 is 6.09 Å². The molecule has 0 saturated carbocycles. The molecule has 4 aromatic rings. The number of aliphatic hydroxyl groups is 6. The largest absolute Gasteiger partial charge is 0.504 e. The summed E-state index contributed by atoms with van der Waals surface area (Å²) in [4.78, 5) is 121. The summed E-state index contributed by atoms with van der Waals surface area (Å²) in [6.07, 6.45) is -6.51. The molecule has 0 aliphatic carbocycles. The van der Waals surface area contributed by atoms with Crippen LogP contribution in [-0.4, -0.2) is 242 Å². The number of carbonyl (C=O) groups excluding carboxylic acids is 8. The number of unbranched alkanes of at least 4 members (excludes halogenated alkanes) is 6. The summed E-state index contributed by atoms with van der Waals surface area (Å²) in [6.45, 7) is 4.36. The number of aromatic hydroxyl groups is 1. The Morgan fingerprint density at radius 3 is 2.14 bits per heavy atom. The first kappa shape index (κ1) is 78.9. The second kappa shape index (κ2) is 37.9. The van der Waals surface area contributed by atoms with Crippen molar-refractivity contribution in [1.29, 1.82) is 0 Å². The van der Waals surface area contributed by atoms with Crippen molar-refractivity contribution in [2.75, 3.05) is 52.3 Å². The van der Waals surface area contributed by atoms with Crippen LogP contribution in [0.15, 0.2) is 88.8 Å². The number of alkyl carbamates (subject to hydrolysis) is 1. The molecule has 3 fully saturated rings. The molecule has 14 N–H and O–H groups in total. The Bertz CT molecular complexity index is 3550. The van der Waals surface area contributed by atoms with Crippen LogP contribution in [0.2, 0.25) is 0 Å². The van der Waals surface area contributed by atoms with Crippen LogP contribution < -0.4 is 36.1 Å². The van der Waals surface area contributed by atoms with E-state index in [9.17, 15) is 82.5 Å². The predicted octanol–water partition coefficient (Wildman–Crippen LogP) is -0.126. The van der Waals surface area contributed by atoms with Gasteiger partial charge in [0.2, 0.25) is 41.3 Å². The van der Waals surface area contributed by atoms with Crippen LogP contribution >= 0.6 is 12.3 Å². The van der Waals surface area contributed by atoms with Gasteiger partial charge in [-0.05, 0) is 80.3 Å². The highest BCUT2D eigenvalue weighted by Crippen LogP contribution is 2.32. The van der Waals surface area contributed by atoms with Gasteiger partial charge in [0, 0.05) is 81.8 Å². The zero-order valence-electron chi connectivity index (χ0n) is 55.1. The first-order valence-corrected chi connectivity index (χ1v) is 34.7. The summed E-state index contributed by atoms with van der Waals surface area (Å²) >= 11 is 0.0519. The van der Waals surface area contributed by atoms with Crippen LogP contribution in [0, 0.1) is 5.92 Å². The van der Waals surface area contributed by atoms with E-state index in [0.29, 0.717) is 17.5 Å². The second-order valence-corrected chi connectivity index (χ2v) is 27.1. The number of hydrogen-bond acceptors (Lipinski definition) is 27. The lowest BCUT2D eigenvalue weighted by Gasteiger charge is -2.34. The fourth-order valence-corrected chi connectivity index (χ4v) is 13.2. The Kier molecular flexibility index (Phi) is 29.9. The van der Waals surface area contributed by atoms with Crippen molar-refractivity contribution in [2.45, 2.75) is 162 Å². The average molecular weight is 1440 g/mol. The molecule has 1 aromatic heterocycles. The van der Waals surface area contributed by atoms with Crippen LogP contribution in [0.1, 0.15) is 94.0 Å². The van der Waals surface area contributed by atoms with Gasteiger partial charge in [0.05, 0.1) is 47.3 Å². The number of fused-ring (bicyclic) bond motifs is 2. The number of phenolic OH excluding ortho intramolecular Hbond substituents is 1. The SMILES string of the molecule is C=CCOC(=O)NCC[C@@H](O)[C@@H]1NC(=O)[C@H]([C@H](O)Cc2ccc(O)c(OSOOO)c2)NC(=O)[C@@H]2C[C@H](O)CN2C(=O)[C@H]([C@H](C)O)NC(=O)[C@@H](NC(=O)c2ccc(-c3noc(-c4ccc(S(=O)(=O)CCCCCCCCCOC)cc4)n3)cc2)C[C@H](O)CNC(=O)[C@@H]2[C@@H](O)[C@H](C)CN2C1=O. The maximum Gasteiger partial charge on any atom is 0.407 e. The standard InChI is InChI=1S/C64H86N10O24S2/c1-5-25-94-64(89)65-24-23-47(79)52-63(88)74-33-35(2)54(81)53(74)60(86)66-32-41(76)30-44(67-56(82)39-16-14-38(15-17-39)55-71-61(95-72-55)40-18-20-43(21-19-40)100(91,92)27-12-10-8-6-7-9-11-26-93-4)57(83)68-50(36(3)75)62(87)73-34-42(77)31-45(73)58(84)69-51(59(85)70-52)48(80)28-37-13-22-46(78)49(29-37)96-99-98-97-90/h5,13-22,29,35-36,41-42,44-45,47-48,50-54,75-81,90H,1,6-12,23-28,30-34H2,2-4H3,(H,65,89)(H,66,86)(H,67,82)(H,68,83)(H,69,84)(H,70,85)/t35-,36+,41+,42+,44+,45+,47-,48-,50+,51+,52+,53+,54+/m1/s1. The minimum atomic E-state index is -3.57. The number of ether oxygens (including phenoxy) is 2. The molecule has 3 aromatic carbocycles. The van der Waals surface area contributed by atoms with Gasteiger partial charge in [0.1, 0.15) is 42.9 Å². The minimum absolute atomic E-state index is 0.00743. The number of β-amino-alcohol motifs (C(OH)–C–C–N with tert-alkyl or cyclic N) is 1. The van der Waals surface area contributed by atoms with Crippen molar-refractivity contribution in [2.24, 2.45) is 5.92 Å². The number of nitrogens with one attached hydrogen (secondary N) is 6. The molecule has 3 saturated heterocycles. The number of rotatable bonds is 29. The van der Waals surface area contributed by atoms with Gasteiger partial charge in [-0.3, -0.25) is 33.6 Å². The second-order valence-electron chi connectivity index (χ2n) is 24.5. The van der Waals surface area contributed by atoms with Gasteiger partial charge in [-0.15, -0.1) is 0 Å². The number of sulfone groups is 1. The van der Waals surface area contributed by atoms with Crippen molar-refractivity contribution in [1.82, 2.24) is 51.8 Å². The van der Waals surface area contributed by atoms with E-state index in [4.69, 9.17) is 23.4 Å². The van der Waals surface area contributed by atoms with Crippen molar-refractivity contribution in [3.05, 3.63) is 90.5 Å². The zero-order valence-corrected chi connectivity index (χ0v) is 56.7. The normalized spacial score (nSPS) is 23.7. The van der Waals surface area contributed by atoms with Crippen LogP contribution in [0.25, 0.3) is 22.8 Å². The number of methoxy groups -OCH3 is 1. The summed E-state index contributed by atoms with van der Waals surface area (Å²) in [7, 11) is -1.90. The summed E-state index contributed by atoms with van der Waals surface area (Å²) in [5.41, 5.74) is 0.761. The molecule has 13 atom stereocenters. The Labute approximate surface area is 579 Å². The third-order valence-corrected chi connectivity index (χ3v) is 19.2. The Hall–Kier alpha value is -8.40. The number of benzene rings is 3. The molecule has 100 heavy (non-hydrogen) atoms. The van der Waals surface area contributed by atoms with Gasteiger partial charge in [-0.25, -0.2) is 18.5 Å². The van der Waals surface area contributed by atoms with E-state index in [1.165, 1.54) is 67.6 Å². The summed E-state index contributed by atoms with van der Waals surface area (Å²) < 4.78 is 51.2. The van der Waals surface area contributed by atoms with E-state index in [2.05, 4.69) is 58.0 Å². The lowest BCUT2D eigenvalue weighted by molar-refractivity contribution is -0.433. The van der Waals surface area contributed by atoms with Crippen molar-refractivity contribution in [3.8, 4) is 34.3 Å². The summed E-state index contributed by atoms with van der Waals surface area (Å²) in [5, 5.41) is 110. The molecule has 36 heteroatoms. The third kappa shape index (κ3) is 21.8. The van der Waals surface area contributed by atoms with Crippen molar-refractivity contribution < 1.29 is 115 Å². The molecule has 3 aliphatic heterocycles. The first-order valence-electron chi connectivity index (χ1n) is 32.4. The molecular formula is C64H86N10O24S2. The quantitative estimate of drug-likeness (QED) is 0.0111. The summed E-state index contributed by atoms with van der Waals surface area (Å²) in [5.74, 6) is -9.90. The van der Waals surface area contributed by atoms with Gasteiger partial charge in [-0.2, -0.15) is 4.98 Å². The molecule has 0 bridgehead atoms. The highest BCUT2D eigenvalue weighted by Gasteiger charge is 2.50. The van der Waals surface area contributed by atoms with E-state index in [-0.39, 0.29) is 58.2 Å². The van der Waals surface area contributed by atoms with Gasteiger partial charge < -0.3 is 95.6 Å². The third-order valence-electron chi connectivity index (χ3n) is 17.0. The maximum atomic E-state index is 15.0. The fraction of sp³-hybridized carbons (Fsp3) is 0.531. The minimum Gasteiger partial charge on any atom is -0.504 e. The molecule has 34 nitrogen and oxygen atoms in total. The van der Waals surface area contributed by atoms with E-state index >= 15 is 0 Å². The van der Waals surface area contributed by atoms with Gasteiger partial charge in [0.25, 0.3) is 24.1 Å². The number of amides is 8. The number of phenols is 1. The Morgan fingerprint density at radius 1 is 0.800 bits per heavy atom. The molecule has 0 spiro atoms. The van der Waals surface area contributed by atoms with E-state index in [1.807, 2.05) is 0 Å². The average Bonchev–Trinajstić information content (AvgIpc) is 1.63. The van der Waals surface area contributed by atoms with Crippen LogP contribution in [0.5, 0.6) is 11.5 Å². The number of aliphatic hydroxyl groups excluding tert-OH is 6. The highest BCUT2D eigenvalue weighted by molar-refractivity contribution is 7.91. The zero-order chi connectivity index (χ0) is 72.8. The smallest absolute Gasteiger partial charge is 0.407 e. The lowest BCUT2D eigenvalue weighted by Crippen LogP contribution is -2.64. The Balaban J connectivity index is 1.15. The Morgan fingerprint density at radius 2 is 1.46 bits per heavy atom. The summed E-state index contributed by atoms with van der Waals surface area (Å²) in [6, 6.07) is 3.33. The van der Waals surface area contributed by atoms with E-state index in [0.717, 1.165) is 74.0 Å². The van der Waals surface area contributed by atoms with Crippen LogP contribution in [0.3, 0.4) is 0 Å². The number of hydrogen-bond donors (Lipinski definition) is 14. The topological polar surface area (TPSA) is 496 Å². The van der Waals surface area contributed by atoms with Gasteiger partial charge in [0.15, 0.2) is 21.3 Å². The van der Waals surface area contributed by atoms with Crippen molar-refractivity contribution in [3.63, 3.8) is 0 Å². The molecule has 3 aliphatic rings. The predicted molar refractivity (Wildman–Crippen MR) is 352 cm³/mol. The van der Waals surface area contributed by atoms with Crippen LogP contribution in [0.4, 0.5) is 4.79 Å². The number of carbonyl (C=O) groups is 8. The fourth-order valence-electron chi connectivity index (χ4n) is 11.6. The number of nitrogens with zero attached hydrogens (tertiary/aromatic N) is 4. The van der Waals surface area contributed by atoms with Crippen molar-refractivity contribution >= 4 is 69.6 Å². The molecule has 8 amide bonds. The highest BCUT2D eigenvalue weighted by atomic mass is 32.2. The molecule has 548 valence electrons. The maximum absolute atomic E-state index is 15.0. The number of aromatic nitrogens is 2. The molecular weight excluding hydrogens is 1360 g/mol. The van der Waals surface area contributed by atoms with E-state index < -0.39 is 194 Å². The first-order chi connectivity index (χ1) is 47.7.